The fraction of sp³-hybridized carbons (Fsp3) is 1.00. The maximum Gasteiger partial charge on any atom is 0.0774 e. The molecule has 1 aliphatic heterocycles. The van der Waals surface area contributed by atoms with E-state index in [1.54, 1.807) is 0 Å². The second kappa shape index (κ2) is 3.56. The third kappa shape index (κ3) is 2.03. The van der Waals surface area contributed by atoms with E-state index in [0.717, 1.165) is 32.6 Å². The van der Waals surface area contributed by atoms with Gasteiger partial charge in [-0.05, 0) is 19.9 Å². The molecule has 2 fully saturated rings. The average molecular weight is 185 g/mol. The zero-order valence-electron chi connectivity index (χ0n) is 8.33. The Morgan fingerprint density at radius 1 is 1.38 bits per heavy atom. The van der Waals surface area contributed by atoms with Crippen LogP contribution in [0.5, 0.6) is 0 Å². The molecular weight excluding hydrogens is 166 g/mol. The van der Waals surface area contributed by atoms with Gasteiger partial charge in [-0.3, -0.25) is 4.90 Å². The van der Waals surface area contributed by atoms with Crippen molar-refractivity contribution in [3.05, 3.63) is 0 Å². The Morgan fingerprint density at radius 2 is 2.00 bits per heavy atom. The summed E-state index contributed by atoms with van der Waals surface area (Å²) in [7, 11) is 2.09. The summed E-state index contributed by atoms with van der Waals surface area (Å²) in [6.45, 7) is 2.50. The molecule has 0 bridgehead atoms. The van der Waals surface area contributed by atoms with Crippen molar-refractivity contribution < 1.29 is 9.84 Å². The molecule has 0 spiro atoms. The maximum absolute atomic E-state index is 10.1. The lowest BCUT2D eigenvalue weighted by Gasteiger charge is -2.38. The zero-order chi connectivity index (χ0) is 9.31. The highest BCUT2D eigenvalue weighted by molar-refractivity contribution is 4.89. The largest absolute Gasteiger partial charge is 0.389 e. The molecular formula is C10H19NO2. The van der Waals surface area contributed by atoms with Crippen molar-refractivity contribution in [1.29, 1.82) is 0 Å². The molecule has 1 heterocycles. The van der Waals surface area contributed by atoms with Crippen LogP contribution in [0.4, 0.5) is 0 Å². The summed E-state index contributed by atoms with van der Waals surface area (Å²) in [5.41, 5.74) is -0.398. The SMILES string of the molecule is CN(CC1(O)CCCC1)C1COC1. The predicted molar refractivity (Wildman–Crippen MR) is 50.7 cm³/mol. The molecule has 2 rings (SSSR count). The number of hydrogen-bond donors (Lipinski definition) is 1. The molecule has 1 saturated carbocycles. The summed E-state index contributed by atoms with van der Waals surface area (Å²) in [6, 6.07) is 0.546. The summed E-state index contributed by atoms with van der Waals surface area (Å²) in [5, 5.41) is 10.1. The minimum Gasteiger partial charge on any atom is -0.389 e. The molecule has 1 saturated heterocycles. The van der Waals surface area contributed by atoms with E-state index < -0.39 is 5.60 Å². The Kier molecular flexibility index (Phi) is 2.58. The van der Waals surface area contributed by atoms with E-state index in [1.807, 2.05) is 0 Å². The topological polar surface area (TPSA) is 32.7 Å². The van der Waals surface area contributed by atoms with Crippen molar-refractivity contribution in [3.8, 4) is 0 Å². The third-order valence-electron chi connectivity index (χ3n) is 3.32. The van der Waals surface area contributed by atoms with Gasteiger partial charge in [0.1, 0.15) is 0 Å². The van der Waals surface area contributed by atoms with E-state index in [0.29, 0.717) is 6.04 Å². The molecule has 0 aromatic rings. The number of aliphatic hydroxyl groups is 1. The van der Waals surface area contributed by atoms with E-state index in [4.69, 9.17) is 4.74 Å². The fourth-order valence-corrected chi connectivity index (χ4v) is 2.26. The van der Waals surface area contributed by atoms with Gasteiger partial charge in [0.2, 0.25) is 0 Å². The smallest absolute Gasteiger partial charge is 0.0774 e. The maximum atomic E-state index is 10.1. The molecule has 2 aliphatic rings. The minimum atomic E-state index is -0.398. The van der Waals surface area contributed by atoms with Crippen LogP contribution in [-0.2, 0) is 4.74 Å². The summed E-state index contributed by atoms with van der Waals surface area (Å²) in [5.74, 6) is 0. The van der Waals surface area contributed by atoms with E-state index >= 15 is 0 Å². The molecule has 0 aromatic carbocycles. The number of hydrogen-bond acceptors (Lipinski definition) is 3. The predicted octanol–water partition coefficient (Wildman–Crippen LogP) is 0.622. The quantitative estimate of drug-likeness (QED) is 0.699. The minimum absolute atomic E-state index is 0.398. The average Bonchev–Trinajstić information content (AvgIpc) is 2.31. The monoisotopic (exact) mass is 185 g/mol. The molecule has 3 heteroatoms. The number of ether oxygens (including phenoxy) is 1. The summed E-state index contributed by atoms with van der Waals surface area (Å²) in [4.78, 5) is 2.24. The highest BCUT2D eigenvalue weighted by Gasteiger charge is 2.35. The molecule has 0 amide bonds. The summed E-state index contributed by atoms with van der Waals surface area (Å²) < 4.78 is 5.13. The highest BCUT2D eigenvalue weighted by Crippen LogP contribution is 2.30. The first kappa shape index (κ1) is 9.44. The van der Waals surface area contributed by atoms with Gasteiger partial charge in [-0.25, -0.2) is 0 Å². The van der Waals surface area contributed by atoms with Crippen molar-refractivity contribution in [1.82, 2.24) is 4.90 Å². The van der Waals surface area contributed by atoms with Crippen molar-refractivity contribution in [2.24, 2.45) is 0 Å². The van der Waals surface area contributed by atoms with E-state index in [9.17, 15) is 5.11 Å². The van der Waals surface area contributed by atoms with Crippen LogP contribution < -0.4 is 0 Å². The van der Waals surface area contributed by atoms with Crippen molar-refractivity contribution in [2.45, 2.75) is 37.3 Å². The summed E-state index contributed by atoms with van der Waals surface area (Å²) >= 11 is 0. The van der Waals surface area contributed by atoms with Gasteiger partial charge in [-0.15, -0.1) is 0 Å². The molecule has 3 nitrogen and oxygen atoms in total. The molecule has 13 heavy (non-hydrogen) atoms. The lowest BCUT2D eigenvalue weighted by molar-refractivity contribution is -0.0822. The lowest BCUT2D eigenvalue weighted by Crippen LogP contribution is -2.52. The number of nitrogens with zero attached hydrogens (tertiary/aromatic N) is 1. The first-order chi connectivity index (χ1) is 6.20. The van der Waals surface area contributed by atoms with Crippen LogP contribution in [0, 0.1) is 0 Å². The van der Waals surface area contributed by atoms with Crippen molar-refractivity contribution in [3.63, 3.8) is 0 Å². The van der Waals surface area contributed by atoms with Gasteiger partial charge in [0, 0.05) is 6.54 Å². The first-order valence-electron chi connectivity index (χ1n) is 5.20. The van der Waals surface area contributed by atoms with Crippen molar-refractivity contribution in [2.75, 3.05) is 26.8 Å². The zero-order valence-corrected chi connectivity index (χ0v) is 8.33. The Morgan fingerprint density at radius 3 is 2.46 bits per heavy atom. The third-order valence-corrected chi connectivity index (χ3v) is 3.32. The van der Waals surface area contributed by atoms with Gasteiger partial charge in [-0.1, -0.05) is 12.8 Å². The van der Waals surface area contributed by atoms with Crippen LogP contribution in [0.25, 0.3) is 0 Å². The lowest BCUT2D eigenvalue weighted by atomic mass is 10.0. The molecule has 1 N–H and O–H groups in total. The fourth-order valence-electron chi connectivity index (χ4n) is 2.26. The molecule has 0 atom stereocenters. The van der Waals surface area contributed by atoms with Crippen LogP contribution in [0.1, 0.15) is 25.7 Å². The van der Waals surface area contributed by atoms with E-state index in [-0.39, 0.29) is 0 Å². The first-order valence-corrected chi connectivity index (χ1v) is 5.20. The molecule has 76 valence electrons. The van der Waals surface area contributed by atoms with Crippen LogP contribution in [-0.4, -0.2) is 48.5 Å². The van der Waals surface area contributed by atoms with Gasteiger partial charge >= 0.3 is 0 Å². The Balaban J connectivity index is 1.81. The van der Waals surface area contributed by atoms with Gasteiger partial charge in [-0.2, -0.15) is 0 Å². The van der Waals surface area contributed by atoms with Crippen LogP contribution in [0.15, 0.2) is 0 Å². The highest BCUT2D eigenvalue weighted by atomic mass is 16.5. The van der Waals surface area contributed by atoms with Crippen LogP contribution in [0.2, 0.25) is 0 Å². The molecule has 0 aromatic heterocycles. The number of likely N-dealkylation sites (N-methyl/N-ethyl adjacent to an activating group) is 1. The second-order valence-corrected chi connectivity index (χ2v) is 4.54. The Labute approximate surface area is 79.7 Å². The molecule has 0 unspecified atom stereocenters. The molecule has 0 radical (unpaired) electrons. The van der Waals surface area contributed by atoms with Gasteiger partial charge < -0.3 is 9.84 Å². The van der Waals surface area contributed by atoms with Gasteiger partial charge in [0.15, 0.2) is 0 Å². The van der Waals surface area contributed by atoms with E-state index in [1.165, 1.54) is 12.8 Å². The van der Waals surface area contributed by atoms with Gasteiger partial charge in [0.05, 0.1) is 24.9 Å². The molecule has 1 aliphatic carbocycles. The number of rotatable bonds is 3. The van der Waals surface area contributed by atoms with Crippen molar-refractivity contribution >= 4 is 0 Å². The normalized spacial score (nSPS) is 27.9. The Hall–Kier alpha value is -0.120. The summed E-state index contributed by atoms with van der Waals surface area (Å²) in [6.07, 6.45) is 4.33. The Bertz CT molecular complexity index is 174. The standard InChI is InChI=1S/C10H19NO2/c1-11(9-6-13-7-9)8-10(12)4-2-3-5-10/h9,12H,2-8H2,1H3. The second-order valence-electron chi connectivity index (χ2n) is 4.54. The van der Waals surface area contributed by atoms with Crippen LogP contribution in [0.3, 0.4) is 0 Å². The van der Waals surface area contributed by atoms with Gasteiger partial charge in [0.25, 0.3) is 0 Å². The van der Waals surface area contributed by atoms with E-state index in [2.05, 4.69) is 11.9 Å². The van der Waals surface area contributed by atoms with Crippen LogP contribution >= 0.6 is 0 Å².